The number of amides is 1. The molecule has 0 saturated heterocycles. The van der Waals surface area contributed by atoms with Crippen molar-refractivity contribution in [1.82, 2.24) is 5.43 Å². The number of nitrogens with zero attached hydrogens (tertiary/aromatic N) is 1. The molecular weight excluding hydrogens is 419 g/mol. The third-order valence-electron chi connectivity index (χ3n) is 2.76. The summed E-state index contributed by atoms with van der Waals surface area (Å²) in [6, 6.07) is 9.83. The number of ether oxygens (including phenoxy) is 1. The van der Waals surface area contributed by atoms with Gasteiger partial charge in [-0.25, -0.2) is 5.43 Å². The average Bonchev–Trinajstić information content (AvgIpc) is 2.51. The van der Waals surface area contributed by atoms with Gasteiger partial charge in [-0.05, 0) is 64.6 Å². The van der Waals surface area contributed by atoms with Crippen LogP contribution in [-0.2, 0) is 0 Å². The van der Waals surface area contributed by atoms with Gasteiger partial charge in [-0.3, -0.25) is 4.79 Å². The molecule has 2 aromatic carbocycles. The van der Waals surface area contributed by atoms with Crippen LogP contribution in [0.15, 0.2) is 41.5 Å². The van der Waals surface area contributed by atoms with Gasteiger partial charge < -0.3 is 9.84 Å². The highest BCUT2D eigenvalue weighted by Gasteiger charge is 2.08. The van der Waals surface area contributed by atoms with Gasteiger partial charge in [0, 0.05) is 10.6 Å². The summed E-state index contributed by atoms with van der Waals surface area (Å²) in [5, 5.41) is 14.2. The second kappa shape index (κ2) is 7.46. The average molecular weight is 431 g/mol. The zero-order valence-electron chi connectivity index (χ0n) is 11.5. The predicted octanol–water partition coefficient (Wildman–Crippen LogP) is 3.42. The van der Waals surface area contributed by atoms with Crippen molar-refractivity contribution in [3.05, 3.63) is 56.1 Å². The number of benzene rings is 2. The van der Waals surface area contributed by atoms with Crippen molar-refractivity contribution in [2.24, 2.45) is 5.10 Å². The Hall–Kier alpha value is -1.80. The molecule has 22 heavy (non-hydrogen) atoms. The van der Waals surface area contributed by atoms with Crippen LogP contribution in [0.5, 0.6) is 11.5 Å². The van der Waals surface area contributed by atoms with Crippen LogP contribution in [0, 0.1) is 3.57 Å². The summed E-state index contributed by atoms with van der Waals surface area (Å²) < 4.78 is 5.69. The van der Waals surface area contributed by atoms with E-state index in [1.165, 1.54) is 13.3 Å². The minimum absolute atomic E-state index is 0.0745. The number of carbonyl (C=O) groups is 1. The lowest BCUT2D eigenvalue weighted by Gasteiger charge is -2.06. The van der Waals surface area contributed by atoms with Crippen molar-refractivity contribution in [1.29, 1.82) is 0 Å². The number of aromatic hydroxyl groups is 1. The Morgan fingerprint density at radius 1 is 1.36 bits per heavy atom. The molecular formula is C15H12ClIN2O3. The predicted molar refractivity (Wildman–Crippen MR) is 93.9 cm³/mol. The van der Waals surface area contributed by atoms with Gasteiger partial charge in [-0.2, -0.15) is 5.10 Å². The molecule has 0 spiro atoms. The normalized spacial score (nSPS) is 10.7. The van der Waals surface area contributed by atoms with Crippen molar-refractivity contribution in [3.8, 4) is 11.5 Å². The third-order valence-corrected chi connectivity index (χ3v) is 3.83. The van der Waals surface area contributed by atoms with E-state index in [1.54, 1.807) is 36.4 Å². The highest BCUT2D eigenvalue weighted by molar-refractivity contribution is 14.1. The fourth-order valence-electron chi connectivity index (χ4n) is 1.66. The largest absolute Gasteiger partial charge is 0.504 e. The zero-order valence-corrected chi connectivity index (χ0v) is 14.4. The van der Waals surface area contributed by atoms with Crippen LogP contribution >= 0.6 is 34.2 Å². The number of hydrogen-bond donors (Lipinski definition) is 2. The molecule has 0 saturated carbocycles. The number of phenolic OH excluding ortho intramolecular Hbond substituents is 1. The van der Waals surface area contributed by atoms with E-state index >= 15 is 0 Å². The summed E-state index contributed by atoms with van der Waals surface area (Å²) >= 11 is 7.75. The van der Waals surface area contributed by atoms with E-state index in [0.29, 0.717) is 25.5 Å². The monoisotopic (exact) mass is 430 g/mol. The number of nitrogens with one attached hydrogen (secondary N) is 1. The van der Waals surface area contributed by atoms with Crippen molar-refractivity contribution >= 4 is 46.3 Å². The minimum Gasteiger partial charge on any atom is -0.504 e. The smallest absolute Gasteiger partial charge is 0.271 e. The van der Waals surface area contributed by atoms with Gasteiger partial charge in [-0.15, -0.1) is 0 Å². The van der Waals surface area contributed by atoms with Crippen LogP contribution < -0.4 is 10.2 Å². The minimum atomic E-state index is -0.339. The molecule has 0 aliphatic rings. The van der Waals surface area contributed by atoms with Crippen LogP contribution in [0.1, 0.15) is 15.9 Å². The summed E-state index contributed by atoms with van der Waals surface area (Å²) in [5.74, 6) is 0.0798. The van der Waals surface area contributed by atoms with E-state index in [4.69, 9.17) is 16.3 Å². The molecule has 0 atom stereocenters. The van der Waals surface area contributed by atoms with Crippen molar-refractivity contribution in [2.45, 2.75) is 0 Å². The molecule has 0 unspecified atom stereocenters. The molecule has 2 aromatic rings. The molecule has 0 aliphatic heterocycles. The first-order valence-electron chi connectivity index (χ1n) is 6.16. The maximum atomic E-state index is 11.9. The van der Waals surface area contributed by atoms with Gasteiger partial charge in [0.05, 0.1) is 16.9 Å². The van der Waals surface area contributed by atoms with Crippen molar-refractivity contribution in [3.63, 3.8) is 0 Å². The molecule has 0 bridgehead atoms. The number of carbonyl (C=O) groups excluding carboxylic acids is 1. The fourth-order valence-corrected chi connectivity index (χ4v) is 2.41. The molecule has 7 heteroatoms. The van der Waals surface area contributed by atoms with Crippen LogP contribution in [-0.4, -0.2) is 24.3 Å². The first kappa shape index (κ1) is 16.6. The van der Waals surface area contributed by atoms with Gasteiger partial charge in [0.15, 0.2) is 11.5 Å². The molecule has 0 aromatic heterocycles. The van der Waals surface area contributed by atoms with Gasteiger partial charge in [0.1, 0.15) is 0 Å². The van der Waals surface area contributed by atoms with E-state index in [-0.39, 0.29) is 11.7 Å². The Morgan fingerprint density at radius 2 is 2.05 bits per heavy atom. The summed E-state index contributed by atoms with van der Waals surface area (Å²) in [6.45, 7) is 0. The van der Waals surface area contributed by atoms with E-state index in [1.807, 2.05) is 22.6 Å². The first-order valence-corrected chi connectivity index (χ1v) is 7.62. The summed E-state index contributed by atoms with van der Waals surface area (Å²) in [4.78, 5) is 11.9. The first-order chi connectivity index (χ1) is 10.5. The number of methoxy groups -OCH3 is 1. The highest BCUT2D eigenvalue weighted by atomic mass is 127. The number of hydrazone groups is 1. The van der Waals surface area contributed by atoms with E-state index in [9.17, 15) is 9.90 Å². The van der Waals surface area contributed by atoms with E-state index in [2.05, 4.69) is 10.5 Å². The molecule has 0 aliphatic carbocycles. The van der Waals surface area contributed by atoms with Crippen LogP contribution in [0.3, 0.4) is 0 Å². The van der Waals surface area contributed by atoms with E-state index < -0.39 is 0 Å². The molecule has 0 fully saturated rings. The van der Waals surface area contributed by atoms with Crippen LogP contribution in [0.25, 0.3) is 0 Å². The fraction of sp³-hybridized carbons (Fsp3) is 0.0667. The lowest BCUT2D eigenvalue weighted by molar-refractivity contribution is 0.0955. The van der Waals surface area contributed by atoms with Crippen LogP contribution in [0.4, 0.5) is 0 Å². The second-order valence-corrected chi connectivity index (χ2v) is 5.86. The summed E-state index contributed by atoms with van der Waals surface area (Å²) in [7, 11) is 1.47. The van der Waals surface area contributed by atoms with E-state index in [0.717, 1.165) is 0 Å². The maximum absolute atomic E-state index is 11.9. The maximum Gasteiger partial charge on any atom is 0.271 e. The van der Waals surface area contributed by atoms with Gasteiger partial charge >= 0.3 is 0 Å². The summed E-state index contributed by atoms with van der Waals surface area (Å²) in [6.07, 6.45) is 1.47. The lowest BCUT2D eigenvalue weighted by Crippen LogP contribution is -2.17. The molecule has 114 valence electrons. The number of rotatable bonds is 4. The highest BCUT2D eigenvalue weighted by Crippen LogP contribution is 2.31. The Morgan fingerprint density at radius 3 is 2.68 bits per heavy atom. The molecule has 2 rings (SSSR count). The Kier molecular flexibility index (Phi) is 5.62. The van der Waals surface area contributed by atoms with Gasteiger partial charge in [0.25, 0.3) is 5.91 Å². The molecule has 0 radical (unpaired) electrons. The van der Waals surface area contributed by atoms with Crippen molar-refractivity contribution in [2.75, 3.05) is 7.11 Å². The number of phenols is 1. The topological polar surface area (TPSA) is 70.9 Å². The standard InChI is InChI=1S/C15H12ClIN2O3/c1-22-13-7-9(6-12(17)14(13)20)8-18-19-15(21)10-2-4-11(16)5-3-10/h2-8,20H,1H3,(H,19,21). The molecule has 5 nitrogen and oxygen atoms in total. The van der Waals surface area contributed by atoms with Crippen molar-refractivity contribution < 1.29 is 14.6 Å². The summed E-state index contributed by atoms with van der Waals surface area (Å²) in [5.41, 5.74) is 3.57. The molecule has 1 amide bonds. The molecule has 2 N–H and O–H groups in total. The quantitative estimate of drug-likeness (QED) is 0.444. The Balaban J connectivity index is 2.08. The Labute approximate surface area is 146 Å². The number of hydrogen-bond acceptors (Lipinski definition) is 4. The third kappa shape index (κ3) is 4.11. The Bertz CT molecular complexity index is 717. The SMILES string of the molecule is COc1cc(C=NNC(=O)c2ccc(Cl)cc2)cc(I)c1O. The number of halogens is 2. The van der Waals surface area contributed by atoms with Gasteiger partial charge in [-0.1, -0.05) is 11.6 Å². The van der Waals surface area contributed by atoms with Crippen LogP contribution in [0.2, 0.25) is 5.02 Å². The van der Waals surface area contributed by atoms with Gasteiger partial charge in [0.2, 0.25) is 0 Å². The lowest BCUT2D eigenvalue weighted by atomic mass is 10.2. The second-order valence-electron chi connectivity index (χ2n) is 4.26. The zero-order chi connectivity index (χ0) is 16.1. The molecule has 0 heterocycles.